The average molecular weight is 217 g/mol. The minimum Gasteiger partial charge on any atom is -0.347 e. The van der Waals surface area contributed by atoms with Crippen molar-refractivity contribution in [2.75, 3.05) is 0 Å². The third-order valence-corrected chi connectivity index (χ3v) is 3.43. The average Bonchev–Trinajstić information content (AvgIpc) is 2.57. The van der Waals surface area contributed by atoms with Crippen LogP contribution in [-0.2, 0) is 16.8 Å². The summed E-state index contributed by atoms with van der Waals surface area (Å²) >= 11 is 0. The van der Waals surface area contributed by atoms with Crippen molar-refractivity contribution in [3.05, 3.63) is 35.4 Å². The second kappa shape index (κ2) is 3.93. The Morgan fingerprint density at radius 2 is 2.06 bits per heavy atom. The number of fused-ring (bicyclic) bond motifs is 1. The van der Waals surface area contributed by atoms with E-state index in [0.717, 1.165) is 12.8 Å². The quantitative estimate of drug-likeness (QED) is 0.810. The van der Waals surface area contributed by atoms with E-state index in [1.54, 1.807) is 0 Å². The second-order valence-electron chi connectivity index (χ2n) is 5.13. The van der Waals surface area contributed by atoms with Crippen LogP contribution in [0, 0.1) is 5.92 Å². The minimum atomic E-state index is -0.169. The normalized spacial score (nSPS) is 23.2. The standard InChI is InChI=1S/C14H19NO/c1-10(2)13(16)15-14(3)9-8-11-6-4-5-7-12(11)14/h4-7,10H,8-9H2,1-3H3,(H,15,16). The van der Waals surface area contributed by atoms with Gasteiger partial charge in [0.05, 0.1) is 5.54 Å². The maximum Gasteiger partial charge on any atom is 0.223 e. The molecule has 1 aliphatic carbocycles. The number of benzene rings is 1. The van der Waals surface area contributed by atoms with Crippen LogP contribution in [0.4, 0.5) is 0 Å². The van der Waals surface area contributed by atoms with E-state index in [4.69, 9.17) is 0 Å². The van der Waals surface area contributed by atoms with Crippen LogP contribution in [0.25, 0.3) is 0 Å². The van der Waals surface area contributed by atoms with Gasteiger partial charge in [0.25, 0.3) is 0 Å². The second-order valence-corrected chi connectivity index (χ2v) is 5.13. The molecule has 2 nitrogen and oxygen atoms in total. The summed E-state index contributed by atoms with van der Waals surface area (Å²) in [6.45, 7) is 5.98. The number of nitrogens with one attached hydrogen (secondary N) is 1. The third kappa shape index (κ3) is 1.84. The first kappa shape index (κ1) is 11.2. The summed E-state index contributed by atoms with van der Waals surface area (Å²) in [7, 11) is 0. The van der Waals surface area contributed by atoms with Crippen molar-refractivity contribution in [1.29, 1.82) is 0 Å². The molecule has 1 amide bonds. The van der Waals surface area contributed by atoms with Gasteiger partial charge in [-0.3, -0.25) is 4.79 Å². The van der Waals surface area contributed by atoms with Crippen molar-refractivity contribution in [3.63, 3.8) is 0 Å². The number of aryl methyl sites for hydroxylation is 1. The molecule has 0 bridgehead atoms. The van der Waals surface area contributed by atoms with Crippen molar-refractivity contribution < 1.29 is 4.79 Å². The number of hydrogen-bond donors (Lipinski definition) is 1. The van der Waals surface area contributed by atoms with E-state index >= 15 is 0 Å². The van der Waals surface area contributed by atoms with E-state index in [9.17, 15) is 4.79 Å². The molecule has 1 aromatic carbocycles. The molecule has 0 aliphatic heterocycles. The van der Waals surface area contributed by atoms with E-state index in [1.165, 1.54) is 11.1 Å². The molecule has 0 heterocycles. The zero-order valence-electron chi connectivity index (χ0n) is 10.2. The highest BCUT2D eigenvalue weighted by atomic mass is 16.2. The van der Waals surface area contributed by atoms with Crippen LogP contribution in [-0.4, -0.2) is 5.91 Å². The van der Waals surface area contributed by atoms with Gasteiger partial charge in [0.2, 0.25) is 5.91 Å². The van der Waals surface area contributed by atoms with Crippen LogP contribution in [0.3, 0.4) is 0 Å². The molecular weight excluding hydrogens is 198 g/mol. The Morgan fingerprint density at radius 3 is 2.75 bits per heavy atom. The van der Waals surface area contributed by atoms with Crippen molar-refractivity contribution >= 4 is 5.91 Å². The highest BCUT2D eigenvalue weighted by Gasteiger charge is 2.35. The Kier molecular flexibility index (Phi) is 2.75. The fourth-order valence-electron chi connectivity index (χ4n) is 2.34. The van der Waals surface area contributed by atoms with Crippen molar-refractivity contribution in [2.45, 2.75) is 39.2 Å². The molecule has 86 valence electrons. The lowest BCUT2D eigenvalue weighted by atomic mass is 9.93. The first-order valence-electron chi connectivity index (χ1n) is 5.93. The molecule has 1 unspecified atom stereocenters. The van der Waals surface area contributed by atoms with Gasteiger partial charge in [0.15, 0.2) is 0 Å². The van der Waals surface area contributed by atoms with Crippen LogP contribution in [0.5, 0.6) is 0 Å². The molecule has 1 aromatic rings. The van der Waals surface area contributed by atoms with Crippen LogP contribution >= 0.6 is 0 Å². The largest absolute Gasteiger partial charge is 0.347 e. The Balaban J connectivity index is 2.25. The molecule has 16 heavy (non-hydrogen) atoms. The van der Waals surface area contributed by atoms with Crippen LogP contribution in [0.1, 0.15) is 38.3 Å². The van der Waals surface area contributed by atoms with Gasteiger partial charge in [0.1, 0.15) is 0 Å². The summed E-state index contributed by atoms with van der Waals surface area (Å²) < 4.78 is 0. The number of carbonyl (C=O) groups excluding carboxylic acids is 1. The monoisotopic (exact) mass is 217 g/mol. The Morgan fingerprint density at radius 1 is 1.38 bits per heavy atom. The molecule has 0 spiro atoms. The molecule has 1 aliphatic rings. The van der Waals surface area contributed by atoms with Crippen molar-refractivity contribution in [3.8, 4) is 0 Å². The predicted octanol–water partition coefficient (Wildman–Crippen LogP) is 2.62. The summed E-state index contributed by atoms with van der Waals surface area (Å²) in [6, 6.07) is 8.39. The smallest absolute Gasteiger partial charge is 0.223 e. The summed E-state index contributed by atoms with van der Waals surface area (Å²) in [5.74, 6) is 0.184. The van der Waals surface area contributed by atoms with Gasteiger partial charge in [-0.05, 0) is 30.9 Å². The van der Waals surface area contributed by atoms with E-state index < -0.39 is 0 Å². The highest BCUT2D eigenvalue weighted by Crippen LogP contribution is 2.36. The molecule has 1 atom stereocenters. The molecule has 0 aromatic heterocycles. The summed E-state index contributed by atoms with van der Waals surface area (Å²) in [4.78, 5) is 11.8. The van der Waals surface area contributed by atoms with Crippen molar-refractivity contribution in [2.24, 2.45) is 5.92 Å². The number of rotatable bonds is 2. The van der Waals surface area contributed by atoms with E-state index in [2.05, 4.69) is 30.4 Å². The maximum atomic E-state index is 11.8. The summed E-state index contributed by atoms with van der Waals surface area (Å²) in [5.41, 5.74) is 2.48. The molecule has 0 saturated carbocycles. The van der Waals surface area contributed by atoms with E-state index in [0.29, 0.717) is 0 Å². The summed E-state index contributed by atoms with van der Waals surface area (Å²) in [6.07, 6.45) is 2.07. The van der Waals surface area contributed by atoms with Gasteiger partial charge in [-0.25, -0.2) is 0 Å². The van der Waals surface area contributed by atoms with E-state index in [-0.39, 0.29) is 17.4 Å². The molecule has 2 heteroatoms. The molecule has 1 N–H and O–H groups in total. The zero-order chi connectivity index (χ0) is 11.8. The summed E-state index contributed by atoms with van der Waals surface area (Å²) in [5, 5.41) is 3.17. The molecule has 0 fully saturated rings. The fourth-order valence-corrected chi connectivity index (χ4v) is 2.34. The van der Waals surface area contributed by atoms with Crippen LogP contribution in [0.2, 0.25) is 0 Å². The molecule has 2 rings (SSSR count). The van der Waals surface area contributed by atoms with Gasteiger partial charge in [-0.15, -0.1) is 0 Å². The van der Waals surface area contributed by atoms with Crippen LogP contribution in [0.15, 0.2) is 24.3 Å². The Labute approximate surface area is 97.1 Å². The molecule has 0 saturated heterocycles. The number of amides is 1. The Hall–Kier alpha value is -1.31. The molecular formula is C14H19NO. The van der Waals surface area contributed by atoms with Gasteiger partial charge in [0, 0.05) is 5.92 Å². The van der Waals surface area contributed by atoms with Gasteiger partial charge in [-0.2, -0.15) is 0 Å². The number of carbonyl (C=O) groups is 1. The van der Waals surface area contributed by atoms with E-state index in [1.807, 2.05) is 19.9 Å². The van der Waals surface area contributed by atoms with Crippen LogP contribution < -0.4 is 5.32 Å². The van der Waals surface area contributed by atoms with Gasteiger partial charge >= 0.3 is 0 Å². The lowest BCUT2D eigenvalue weighted by molar-refractivity contribution is -0.125. The predicted molar refractivity (Wildman–Crippen MR) is 65.1 cm³/mol. The topological polar surface area (TPSA) is 29.1 Å². The minimum absolute atomic E-state index is 0.0459. The van der Waals surface area contributed by atoms with Gasteiger partial charge in [-0.1, -0.05) is 38.1 Å². The lowest BCUT2D eigenvalue weighted by Crippen LogP contribution is -2.43. The molecule has 0 radical (unpaired) electrons. The first-order chi connectivity index (χ1) is 7.53. The zero-order valence-corrected chi connectivity index (χ0v) is 10.2. The van der Waals surface area contributed by atoms with Crippen molar-refractivity contribution in [1.82, 2.24) is 5.32 Å². The fraction of sp³-hybridized carbons (Fsp3) is 0.500. The lowest BCUT2D eigenvalue weighted by Gasteiger charge is -2.28. The maximum absolute atomic E-state index is 11.8. The van der Waals surface area contributed by atoms with Gasteiger partial charge < -0.3 is 5.32 Å². The Bertz CT molecular complexity index is 411. The third-order valence-electron chi connectivity index (χ3n) is 3.43. The number of hydrogen-bond acceptors (Lipinski definition) is 1. The first-order valence-corrected chi connectivity index (χ1v) is 5.93. The SMILES string of the molecule is CC(C)C(=O)NC1(C)CCc2ccccc21. The highest BCUT2D eigenvalue weighted by molar-refractivity contribution is 5.79.